The zero-order valence-electron chi connectivity index (χ0n) is 14.0. The number of thioether (sulfide) groups is 4. The number of rotatable bonds is 2. The normalized spacial score (nSPS) is 20.5. The average molecular weight is 542 g/mol. The van der Waals surface area contributed by atoms with Crippen LogP contribution in [0.3, 0.4) is 0 Å². The third-order valence-corrected chi connectivity index (χ3v) is 10.8. The zero-order valence-corrected chi connectivity index (χ0v) is 20.4. The molecule has 0 unspecified atom stereocenters. The van der Waals surface area contributed by atoms with Crippen LogP contribution < -0.4 is 0 Å². The summed E-state index contributed by atoms with van der Waals surface area (Å²) in [6.45, 7) is 4.45. The predicted molar refractivity (Wildman–Crippen MR) is 131 cm³/mol. The summed E-state index contributed by atoms with van der Waals surface area (Å²) in [5.74, 6) is 0. The summed E-state index contributed by atoms with van der Waals surface area (Å²) in [6.07, 6.45) is 0. The molecule has 0 N–H and O–H groups in total. The molecular formula is C20H14Br2S4. The van der Waals surface area contributed by atoms with Crippen molar-refractivity contribution in [1.29, 1.82) is 0 Å². The lowest BCUT2D eigenvalue weighted by molar-refractivity contribution is 1.59. The van der Waals surface area contributed by atoms with Gasteiger partial charge in [-0.15, -0.1) is 0 Å². The highest BCUT2D eigenvalue weighted by Gasteiger charge is 2.28. The van der Waals surface area contributed by atoms with E-state index < -0.39 is 0 Å². The van der Waals surface area contributed by atoms with Crippen molar-refractivity contribution in [2.24, 2.45) is 0 Å². The van der Waals surface area contributed by atoms with Gasteiger partial charge in [0.1, 0.15) is 0 Å². The van der Waals surface area contributed by atoms with Gasteiger partial charge in [0.15, 0.2) is 0 Å². The lowest BCUT2D eigenvalue weighted by Crippen LogP contribution is -1.78. The molecule has 26 heavy (non-hydrogen) atoms. The van der Waals surface area contributed by atoms with E-state index in [2.05, 4.69) is 94.2 Å². The van der Waals surface area contributed by atoms with Crippen LogP contribution in [-0.2, 0) is 0 Å². The lowest BCUT2D eigenvalue weighted by Gasteiger charge is -2.05. The highest BCUT2D eigenvalue weighted by molar-refractivity contribution is 9.10. The highest BCUT2D eigenvalue weighted by Crippen LogP contribution is 2.63. The van der Waals surface area contributed by atoms with E-state index in [1.807, 2.05) is 47.0 Å². The Morgan fingerprint density at radius 3 is 1.23 bits per heavy atom. The number of hydrogen-bond acceptors (Lipinski definition) is 4. The maximum Gasteiger partial charge on any atom is 0.0703 e. The van der Waals surface area contributed by atoms with Gasteiger partial charge in [-0.25, -0.2) is 0 Å². The maximum absolute atomic E-state index is 3.52. The van der Waals surface area contributed by atoms with E-state index in [0.717, 1.165) is 8.95 Å². The Morgan fingerprint density at radius 1 is 0.538 bits per heavy atom. The van der Waals surface area contributed by atoms with Gasteiger partial charge in [0, 0.05) is 28.6 Å². The average Bonchev–Trinajstić information content (AvgIpc) is 3.20. The van der Waals surface area contributed by atoms with Crippen molar-refractivity contribution >= 4 is 88.7 Å². The molecular weight excluding hydrogens is 528 g/mol. The SMILES string of the molecule is CC1=C(c2ccc(Br)cc2)S/C(=C2\SC(C)=C(c3ccc(Br)cc3)S2)S1. The third kappa shape index (κ3) is 4.06. The standard InChI is InChI=1S/C20H14Br2S4/c1-11-17(13-3-7-15(21)8-4-13)25-19(23-11)20-24-12(2)18(26-20)14-5-9-16(22)10-6-14/h3-10H,1-2H3/b20-19+. The van der Waals surface area contributed by atoms with Gasteiger partial charge in [0.05, 0.1) is 8.47 Å². The van der Waals surface area contributed by atoms with Crippen LogP contribution in [0.4, 0.5) is 0 Å². The molecule has 0 spiro atoms. The van der Waals surface area contributed by atoms with Gasteiger partial charge >= 0.3 is 0 Å². The minimum Gasteiger partial charge on any atom is -0.0845 e. The zero-order chi connectivity index (χ0) is 18.3. The molecule has 132 valence electrons. The first-order chi connectivity index (χ1) is 12.5. The molecule has 2 aliphatic rings. The first-order valence-corrected chi connectivity index (χ1v) is 12.8. The Morgan fingerprint density at radius 2 is 0.885 bits per heavy atom. The molecule has 2 aromatic carbocycles. The van der Waals surface area contributed by atoms with E-state index in [0.29, 0.717) is 0 Å². The smallest absolute Gasteiger partial charge is 0.0703 e. The fourth-order valence-corrected chi connectivity index (χ4v) is 8.72. The van der Waals surface area contributed by atoms with Crippen molar-refractivity contribution in [3.8, 4) is 0 Å². The molecule has 0 bridgehead atoms. The van der Waals surface area contributed by atoms with E-state index in [4.69, 9.17) is 0 Å². The summed E-state index contributed by atoms with van der Waals surface area (Å²) in [5.41, 5.74) is 2.59. The first-order valence-electron chi connectivity index (χ1n) is 7.90. The quantitative estimate of drug-likeness (QED) is 0.371. The molecule has 0 saturated heterocycles. The highest BCUT2D eigenvalue weighted by atomic mass is 79.9. The fraction of sp³-hybridized carbons (Fsp3) is 0.100. The monoisotopic (exact) mass is 540 g/mol. The molecule has 0 amide bonds. The van der Waals surface area contributed by atoms with E-state index >= 15 is 0 Å². The summed E-state index contributed by atoms with van der Waals surface area (Å²) >= 11 is 14.7. The molecule has 4 rings (SSSR count). The van der Waals surface area contributed by atoms with Gasteiger partial charge < -0.3 is 0 Å². The summed E-state index contributed by atoms with van der Waals surface area (Å²) in [4.78, 5) is 5.52. The van der Waals surface area contributed by atoms with Gasteiger partial charge in [0.25, 0.3) is 0 Å². The molecule has 0 aliphatic carbocycles. The second kappa shape index (κ2) is 8.18. The predicted octanol–water partition coefficient (Wildman–Crippen LogP) is 9.38. The second-order valence-corrected chi connectivity index (χ2v) is 12.6. The van der Waals surface area contributed by atoms with Gasteiger partial charge in [0.2, 0.25) is 0 Å². The minimum atomic E-state index is 1.12. The molecule has 2 aliphatic heterocycles. The van der Waals surface area contributed by atoms with E-state index in [9.17, 15) is 0 Å². The Labute approximate surface area is 188 Å². The van der Waals surface area contributed by atoms with Crippen LogP contribution in [0.5, 0.6) is 0 Å². The summed E-state index contributed by atoms with van der Waals surface area (Å²) in [6, 6.07) is 17.2. The van der Waals surface area contributed by atoms with Gasteiger partial charge in [-0.3, -0.25) is 0 Å². The van der Waals surface area contributed by atoms with Gasteiger partial charge in [-0.2, -0.15) is 0 Å². The Bertz CT molecular complexity index is 875. The van der Waals surface area contributed by atoms with Crippen molar-refractivity contribution in [3.05, 3.63) is 86.9 Å². The van der Waals surface area contributed by atoms with Crippen molar-refractivity contribution in [3.63, 3.8) is 0 Å². The molecule has 0 aromatic heterocycles. The number of benzene rings is 2. The molecule has 0 nitrogen and oxygen atoms in total. The van der Waals surface area contributed by atoms with Crippen LogP contribution in [0.25, 0.3) is 9.81 Å². The fourth-order valence-electron chi connectivity index (χ4n) is 2.64. The van der Waals surface area contributed by atoms with Crippen molar-refractivity contribution in [2.75, 3.05) is 0 Å². The molecule has 2 heterocycles. The Balaban J connectivity index is 1.57. The van der Waals surface area contributed by atoms with Crippen LogP contribution in [0.2, 0.25) is 0 Å². The van der Waals surface area contributed by atoms with Crippen LogP contribution in [0, 0.1) is 0 Å². The van der Waals surface area contributed by atoms with Crippen LogP contribution >= 0.6 is 78.9 Å². The molecule has 0 saturated carbocycles. The van der Waals surface area contributed by atoms with Gasteiger partial charge in [-0.05, 0) is 49.2 Å². The van der Waals surface area contributed by atoms with Crippen molar-refractivity contribution in [1.82, 2.24) is 0 Å². The summed E-state index contributed by atoms with van der Waals surface area (Å²) < 4.78 is 5.05. The third-order valence-electron chi connectivity index (χ3n) is 3.90. The van der Waals surface area contributed by atoms with E-state index in [1.165, 1.54) is 39.2 Å². The van der Waals surface area contributed by atoms with E-state index in [-0.39, 0.29) is 0 Å². The Kier molecular flexibility index (Phi) is 6.08. The molecule has 6 heteroatoms. The van der Waals surface area contributed by atoms with Crippen molar-refractivity contribution < 1.29 is 0 Å². The maximum atomic E-state index is 3.52. The molecule has 2 aromatic rings. The van der Waals surface area contributed by atoms with Gasteiger partial charge in [-0.1, -0.05) is 103 Å². The van der Waals surface area contributed by atoms with E-state index in [1.54, 1.807) is 0 Å². The second-order valence-electron chi connectivity index (χ2n) is 5.77. The lowest BCUT2D eigenvalue weighted by atomic mass is 10.2. The minimum absolute atomic E-state index is 1.12. The Hall–Kier alpha value is 0.0200. The number of halogens is 2. The molecule has 0 radical (unpaired) electrons. The first kappa shape index (κ1) is 19.3. The summed E-state index contributed by atoms with van der Waals surface area (Å²) in [5, 5.41) is 0. The number of allylic oxidation sites excluding steroid dienone is 2. The topological polar surface area (TPSA) is 0 Å². The van der Waals surface area contributed by atoms with Crippen LogP contribution in [-0.4, -0.2) is 0 Å². The summed E-state index contributed by atoms with van der Waals surface area (Å²) in [7, 11) is 0. The molecule has 0 atom stereocenters. The van der Waals surface area contributed by atoms with Crippen molar-refractivity contribution in [2.45, 2.75) is 13.8 Å². The molecule has 0 fully saturated rings. The van der Waals surface area contributed by atoms with Crippen LogP contribution in [0.1, 0.15) is 25.0 Å². The van der Waals surface area contributed by atoms with Crippen LogP contribution in [0.15, 0.2) is 75.8 Å². The number of hydrogen-bond donors (Lipinski definition) is 0. The largest absolute Gasteiger partial charge is 0.0845 e.